The van der Waals surface area contributed by atoms with Crippen LogP contribution in [0.4, 0.5) is 10.2 Å². The van der Waals surface area contributed by atoms with Crippen LogP contribution < -0.4 is 9.64 Å². The fourth-order valence-corrected chi connectivity index (χ4v) is 4.34. The van der Waals surface area contributed by atoms with Gasteiger partial charge in [-0.25, -0.2) is 14.2 Å². The van der Waals surface area contributed by atoms with Crippen LogP contribution in [0.2, 0.25) is 5.02 Å². The van der Waals surface area contributed by atoms with Crippen molar-refractivity contribution in [2.24, 2.45) is 11.8 Å². The molecule has 0 bridgehead atoms. The Morgan fingerprint density at radius 3 is 2.50 bits per heavy atom. The molecule has 2 N–H and O–H groups in total. The largest absolute Gasteiger partial charge is 0.488 e. The Labute approximate surface area is 166 Å². The molecule has 0 amide bonds. The van der Waals surface area contributed by atoms with E-state index in [1.807, 2.05) is 4.90 Å². The van der Waals surface area contributed by atoms with Gasteiger partial charge in [-0.15, -0.1) is 0 Å². The number of anilines is 1. The predicted molar refractivity (Wildman–Crippen MR) is 101 cm³/mol. The van der Waals surface area contributed by atoms with Gasteiger partial charge in [0.1, 0.15) is 23.5 Å². The lowest BCUT2D eigenvalue weighted by Crippen LogP contribution is -2.42. The minimum atomic E-state index is -1.16. The summed E-state index contributed by atoms with van der Waals surface area (Å²) < 4.78 is 19.0. The summed E-state index contributed by atoms with van der Waals surface area (Å²) in [6.45, 7) is 1.40. The molecule has 8 heteroatoms. The molecule has 1 saturated heterocycles. The Morgan fingerprint density at radius 1 is 1.14 bits per heavy atom. The van der Waals surface area contributed by atoms with Crippen molar-refractivity contribution in [3.05, 3.63) is 52.9 Å². The zero-order valence-corrected chi connectivity index (χ0v) is 15.7. The van der Waals surface area contributed by atoms with Gasteiger partial charge in [0, 0.05) is 13.1 Å². The molecule has 0 unspecified atom stereocenters. The highest BCUT2D eigenvalue weighted by molar-refractivity contribution is 6.33. The van der Waals surface area contributed by atoms with Crippen molar-refractivity contribution in [3.8, 4) is 5.75 Å². The number of benzene rings is 1. The maximum Gasteiger partial charge on any atom is 0.356 e. The quantitative estimate of drug-likeness (QED) is 0.811. The van der Waals surface area contributed by atoms with Crippen molar-refractivity contribution in [3.63, 3.8) is 0 Å². The number of carboxylic acids is 1. The van der Waals surface area contributed by atoms with Gasteiger partial charge < -0.3 is 19.8 Å². The van der Waals surface area contributed by atoms with E-state index in [4.69, 9.17) is 16.3 Å². The molecule has 2 aliphatic rings. The minimum Gasteiger partial charge on any atom is -0.488 e. The lowest BCUT2D eigenvalue weighted by atomic mass is 9.78. The van der Waals surface area contributed by atoms with Crippen LogP contribution in [-0.2, 0) is 0 Å². The standard InChI is InChI=1S/C20H20ClFN2O4/c21-15-5-6-18(23-19(15)20(26)27)24-9-11-7-16(25)17(8-12(11)10-24)28-14-3-1-13(22)2-4-14/h1-6,11-12,16-17,25H,7-10H2,(H,26,27)/t11-,12+,16+,17+/m0/s1. The number of rotatable bonds is 4. The molecule has 0 spiro atoms. The van der Waals surface area contributed by atoms with E-state index in [-0.39, 0.29) is 28.6 Å². The molecule has 1 saturated carbocycles. The molecule has 1 aromatic carbocycles. The molecule has 28 heavy (non-hydrogen) atoms. The van der Waals surface area contributed by atoms with Crippen LogP contribution in [0.25, 0.3) is 0 Å². The lowest BCUT2D eigenvalue weighted by molar-refractivity contribution is -0.0231. The maximum atomic E-state index is 13.1. The van der Waals surface area contributed by atoms with E-state index in [1.165, 1.54) is 12.1 Å². The number of ether oxygens (including phenoxy) is 1. The number of carboxylic acid groups (broad SMARTS) is 1. The van der Waals surface area contributed by atoms with E-state index in [2.05, 4.69) is 4.98 Å². The highest BCUT2D eigenvalue weighted by Crippen LogP contribution is 2.39. The number of aromatic nitrogens is 1. The van der Waals surface area contributed by atoms with Gasteiger partial charge in [-0.05, 0) is 61.1 Å². The average Bonchev–Trinajstić information content (AvgIpc) is 3.06. The number of nitrogens with zero attached hydrogens (tertiary/aromatic N) is 2. The number of carbonyl (C=O) groups is 1. The van der Waals surface area contributed by atoms with Crippen LogP contribution in [0.3, 0.4) is 0 Å². The first-order chi connectivity index (χ1) is 13.4. The summed E-state index contributed by atoms with van der Waals surface area (Å²) in [5, 5.41) is 19.8. The van der Waals surface area contributed by atoms with Gasteiger partial charge in [0.05, 0.1) is 11.1 Å². The Kier molecular flexibility index (Phi) is 5.12. The van der Waals surface area contributed by atoms with E-state index >= 15 is 0 Å². The second kappa shape index (κ2) is 7.56. The zero-order chi connectivity index (χ0) is 19.8. The molecule has 4 atom stereocenters. The topological polar surface area (TPSA) is 82.9 Å². The molecule has 2 aromatic rings. The van der Waals surface area contributed by atoms with E-state index in [0.717, 1.165) is 0 Å². The van der Waals surface area contributed by atoms with Gasteiger partial charge in [0.2, 0.25) is 0 Å². The van der Waals surface area contributed by atoms with Crippen LogP contribution >= 0.6 is 11.6 Å². The lowest BCUT2D eigenvalue weighted by Gasteiger charge is -2.35. The van der Waals surface area contributed by atoms with Crippen LogP contribution in [-0.4, -0.2) is 46.5 Å². The number of fused-ring (bicyclic) bond motifs is 1. The fraction of sp³-hybridized carbons (Fsp3) is 0.400. The summed E-state index contributed by atoms with van der Waals surface area (Å²) in [5.74, 6) is 0.172. The summed E-state index contributed by atoms with van der Waals surface area (Å²) in [7, 11) is 0. The van der Waals surface area contributed by atoms with Crippen molar-refractivity contribution in [2.75, 3.05) is 18.0 Å². The molecular weight excluding hydrogens is 387 g/mol. The summed E-state index contributed by atoms with van der Waals surface area (Å²) >= 11 is 5.91. The van der Waals surface area contributed by atoms with Crippen LogP contribution in [0.1, 0.15) is 23.3 Å². The molecule has 2 heterocycles. The second-order valence-electron chi connectivity index (χ2n) is 7.38. The van der Waals surface area contributed by atoms with Gasteiger partial charge in [-0.3, -0.25) is 0 Å². The van der Waals surface area contributed by atoms with Gasteiger partial charge in [-0.2, -0.15) is 0 Å². The second-order valence-corrected chi connectivity index (χ2v) is 7.79. The monoisotopic (exact) mass is 406 g/mol. The molecule has 4 rings (SSSR count). The van der Waals surface area contributed by atoms with Crippen molar-refractivity contribution < 1.29 is 24.1 Å². The zero-order valence-electron chi connectivity index (χ0n) is 15.0. The molecule has 2 fully saturated rings. The van der Waals surface area contributed by atoms with Crippen molar-refractivity contribution >= 4 is 23.4 Å². The Bertz CT molecular complexity index is 879. The molecule has 1 aliphatic heterocycles. The summed E-state index contributed by atoms with van der Waals surface area (Å²) in [4.78, 5) is 17.5. The van der Waals surface area contributed by atoms with Gasteiger partial charge in [-0.1, -0.05) is 11.6 Å². The molecular formula is C20H20ClFN2O4. The Hall–Kier alpha value is -2.38. The SMILES string of the molecule is O=C(O)c1nc(N2C[C@H]3C[C@@H](Oc4ccc(F)cc4)[C@H](O)C[C@H]3C2)ccc1Cl. The summed E-state index contributed by atoms with van der Waals surface area (Å²) in [6, 6.07) is 9.04. The van der Waals surface area contributed by atoms with Crippen molar-refractivity contribution in [2.45, 2.75) is 25.0 Å². The minimum absolute atomic E-state index is 0.107. The summed E-state index contributed by atoms with van der Waals surface area (Å²) in [6.07, 6.45) is 0.282. The number of aliphatic hydroxyl groups excluding tert-OH is 1. The van der Waals surface area contributed by atoms with Crippen LogP contribution in [0.5, 0.6) is 5.75 Å². The van der Waals surface area contributed by atoms with Crippen LogP contribution in [0, 0.1) is 17.7 Å². The molecule has 1 aliphatic carbocycles. The fourth-order valence-electron chi connectivity index (χ4n) is 4.15. The third kappa shape index (κ3) is 3.77. The Morgan fingerprint density at radius 2 is 1.82 bits per heavy atom. The van der Waals surface area contributed by atoms with Gasteiger partial charge in [0.25, 0.3) is 0 Å². The Balaban J connectivity index is 1.46. The highest BCUT2D eigenvalue weighted by Gasteiger charge is 2.43. The number of aliphatic hydroxyl groups is 1. The van der Waals surface area contributed by atoms with Gasteiger partial charge in [0.15, 0.2) is 5.69 Å². The number of pyridine rings is 1. The van der Waals surface area contributed by atoms with Gasteiger partial charge >= 0.3 is 5.97 Å². The number of halogens is 2. The van der Waals surface area contributed by atoms with E-state index in [1.54, 1.807) is 24.3 Å². The normalized spacial score (nSPS) is 26.8. The molecule has 1 aromatic heterocycles. The highest BCUT2D eigenvalue weighted by atomic mass is 35.5. The number of hydrogen-bond donors (Lipinski definition) is 2. The molecule has 0 radical (unpaired) electrons. The smallest absolute Gasteiger partial charge is 0.356 e. The van der Waals surface area contributed by atoms with Crippen LogP contribution in [0.15, 0.2) is 36.4 Å². The average molecular weight is 407 g/mol. The summed E-state index contributed by atoms with van der Waals surface area (Å²) in [5.41, 5.74) is -0.161. The van der Waals surface area contributed by atoms with E-state index in [0.29, 0.717) is 43.4 Å². The predicted octanol–water partition coefficient (Wildman–Crippen LogP) is 3.23. The van der Waals surface area contributed by atoms with E-state index in [9.17, 15) is 19.4 Å². The third-order valence-corrected chi connectivity index (χ3v) is 5.85. The third-order valence-electron chi connectivity index (χ3n) is 5.54. The number of aromatic carboxylic acids is 1. The number of hydrogen-bond acceptors (Lipinski definition) is 5. The first kappa shape index (κ1) is 19.0. The van der Waals surface area contributed by atoms with Crippen molar-refractivity contribution in [1.29, 1.82) is 0 Å². The molecule has 6 nitrogen and oxygen atoms in total. The molecule has 148 valence electrons. The first-order valence-electron chi connectivity index (χ1n) is 9.16. The van der Waals surface area contributed by atoms with E-state index < -0.39 is 12.1 Å². The van der Waals surface area contributed by atoms with Crippen molar-refractivity contribution in [1.82, 2.24) is 4.98 Å². The first-order valence-corrected chi connectivity index (χ1v) is 9.53. The maximum absolute atomic E-state index is 13.1.